The summed E-state index contributed by atoms with van der Waals surface area (Å²) in [4.78, 5) is 44.5. The molecule has 1 unspecified atom stereocenters. The van der Waals surface area contributed by atoms with Crippen LogP contribution in [0.15, 0.2) is 67.0 Å². The fourth-order valence-corrected chi connectivity index (χ4v) is 7.72. The number of carbonyl (C=O) groups excluding carboxylic acids is 2. The predicted molar refractivity (Wildman–Crippen MR) is 211 cm³/mol. The second-order valence-corrected chi connectivity index (χ2v) is 14.9. The third kappa shape index (κ3) is 12.6. The number of likely N-dealkylation sites (tertiary alicyclic amines) is 1. The van der Waals surface area contributed by atoms with E-state index in [-0.39, 0.29) is 12.0 Å². The maximum Gasteiger partial charge on any atom is 0.310 e. The van der Waals surface area contributed by atoms with E-state index in [1.165, 1.54) is 70.4 Å². The summed E-state index contributed by atoms with van der Waals surface area (Å²) in [5.41, 5.74) is 9.78. The molecule has 3 aliphatic rings. The van der Waals surface area contributed by atoms with Gasteiger partial charge in [-0.2, -0.15) is 0 Å². The average molecular weight is 725 g/mol. The average Bonchev–Trinajstić information content (AvgIpc) is 3.42. The van der Waals surface area contributed by atoms with Gasteiger partial charge in [-0.1, -0.05) is 62.9 Å². The third-order valence-corrected chi connectivity index (χ3v) is 10.8. The van der Waals surface area contributed by atoms with Crippen LogP contribution in [-0.2, 0) is 16.0 Å². The molecule has 0 bridgehead atoms. The second-order valence-electron chi connectivity index (χ2n) is 14.9. The fourth-order valence-electron chi connectivity index (χ4n) is 7.72. The minimum absolute atomic E-state index is 0.0222. The molecule has 3 aromatic rings. The van der Waals surface area contributed by atoms with Gasteiger partial charge in [-0.3, -0.25) is 14.4 Å². The van der Waals surface area contributed by atoms with Gasteiger partial charge in [0.25, 0.3) is 0 Å². The van der Waals surface area contributed by atoms with Crippen molar-refractivity contribution in [3.8, 4) is 17.1 Å². The zero-order valence-electron chi connectivity index (χ0n) is 32.2. The fraction of sp³-hybridized carbons (Fsp3) is 0.523. The lowest BCUT2D eigenvalue weighted by Crippen LogP contribution is -2.53. The van der Waals surface area contributed by atoms with Gasteiger partial charge in [0.2, 0.25) is 5.91 Å². The second kappa shape index (κ2) is 21.4. The number of nitrogens with two attached hydrogens (primary N) is 1. The molecule has 1 saturated heterocycles. The van der Waals surface area contributed by atoms with Gasteiger partial charge in [0.1, 0.15) is 12.0 Å². The quantitative estimate of drug-likeness (QED) is 0.177. The van der Waals surface area contributed by atoms with Crippen LogP contribution in [0.2, 0.25) is 0 Å². The molecule has 3 N–H and O–H groups in total. The minimum Gasteiger partial charge on any atom is -0.491 e. The number of allylic oxidation sites excluding steroid dienone is 2. The van der Waals surface area contributed by atoms with E-state index in [0.29, 0.717) is 31.5 Å². The highest BCUT2D eigenvalue weighted by atomic mass is 16.5. The van der Waals surface area contributed by atoms with Crippen molar-refractivity contribution >= 4 is 23.7 Å². The van der Waals surface area contributed by atoms with Crippen LogP contribution >= 0.6 is 0 Å². The molecule has 0 radical (unpaired) electrons. The molecule has 1 aromatic heterocycles. The van der Waals surface area contributed by atoms with Crippen molar-refractivity contribution in [2.45, 2.75) is 104 Å². The zero-order chi connectivity index (χ0) is 38.2. The van der Waals surface area contributed by atoms with Crippen molar-refractivity contribution in [2.75, 3.05) is 20.1 Å². The number of nitrogens with zero attached hydrogens (tertiary/aromatic N) is 3. The molecule has 2 fully saturated rings. The van der Waals surface area contributed by atoms with Crippen molar-refractivity contribution in [2.24, 2.45) is 29.4 Å². The van der Waals surface area contributed by atoms with E-state index in [2.05, 4.69) is 18.7 Å². The van der Waals surface area contributed by atoms with E-state index in [4.69, 9.17) is 19.8 Å². The Labute approximate surface area is 316 Å². The normalized spacial score (nSPS) is 20.0. The number of carboxylic acid groups (broad SMARTS) is 1. The topological polar surface area (TPSA) is 136 Å². The molecule has 2 aliphatic carbocycles. The van der Waals surface area contributed by atoms with Crippen molar-refractivity contribution in [3.63, 3.8) is 0 Å². The first kappa shape index (κ1) is 41.4. The van der Waals surface area contributed by atoms with Gasteiger partial charge in [-0.15, -0.1) is 0 Å². The van der Waals surface area contributed by atoms with Crippen LogP contribution in [0.25, 0.3) is 17.0 Å². The van der Waals surface area contributed by atoms with E-state index >= 15 is 0 Å². The lowest BCUT2D eigenvalue weighted by molar-refractivity contribution is -0.152. The number of aryl methyl sites for hydroxylation is 1. The summed E-state index contributed by atoms with van der Waals surface area (Å²) in [5.74, 6) is 3.04. The Kier molecular flexibility index (Phi) is 16.7. The van der Waals surface area contributed by atoms with Gasteiger partial charge in [-0.05, 0) is 119 Å². The smallest absolute Gasteiger partial charge is 0.310 e. The number of carboxylic acids is 1. The number of amides is 1. The molecule has 1 aliphatic heterocycles. The Balaban J connectivity index is 0.000000379. The summed E-state index contributed by atoms with van der Waals surface area (Å²) in [6.45, 7) is 6.91. The molecule has 1 saturated carbocycles. The van der Waals surface area contributed by atoms with E-state index in [0.717, 1.165) is 58.7 Å². The number of ether oxygens (including phenoxy) is 1. The Morgan fingerprint density at radius 3 is 2.17 bits per heavy atom. The van der Waals surface area contributed by atoms with Crippen LogP contribution in [0.3, 0.4) is 0 Å². The largest absolute Gasteiger partial charge is 0.491 e. The molecular formula is C44H60N4O5. The Hall–Kier alpha value is -4.37. The number of benzene rings is 2. The van der Waals surface area contributed by atoms with Crippen LogP contribution in [0, 0.1) is 23.7 Å². The van der Waals surface area contributed by atoms with E-state index in [9.17, 15) is 14.4 Å². The Morgan fingerprint density at radius 1 is 0.925 bits per heavy atom. The first-order valence-electron chi connectivity index (χ1n) is 19.6. The van der Waals surface area contributed by atoms with Gasteiger partial charge in [0.15, 0.2) is 5.82 Å². The monoisotopic (exact) mass is 724 g/mol. The predicted octanol–water partition coefficient (Wildman–Crippen LogP) is 8.66. The summed E-state index contributed by atoms with van der Waals surface area (Å²) in [5, 5.41) is 8.98. The molecule has 53 heavy (non-hydrogen) atoms. The summed E-state index contributed by atoms with van der Waals surface area (Å²) < 4.78 is 5.40. The number of aliphatic carboxylic acids is 1. The van der Waals surface area contributed by atoms with Crippen molar-refractivity contribution in [1.29, 1.82) is 0 Å². The first-order chi connectivity index (χ1) is 25.7. The number of rotatable bonds is 12. The Bertz CT molecular complexity index is 1590. The molecule has 0 spiro atoms. The lowest BCUT2D eigenvalue weighted by Gasteiger charge is -2.36. The summed E-state index contributed by atoms with van der Waals surface area (Å²) >= 11 is 0. The minimum atomic E-state index is -0.820. The highest BCUT2D eigenvalue weighted by Crippen LogP contribution is 2.41. The van der Waals surface area contributed by atoms with Crippen molar-refractivity contribution in [3.05, 3.63) is 83.7 Å². The summed E-state index contributed by atoms with van der Waals surface area (Å²) in [7, 11) is 1.50. The van der Waals surface area contributed by atoms with Gasteiger partial charge in [0, 0.05) is 48.6 Å². The van der Waals surface area contributed by atoms with Crippen LogP contribution in [-0.4, -0.2) is 64.4 Å². The van der Waals surface area contributed by atoms with Crippen LogP contribution in [0.1, 0.15) is 113 Å². The number of aldehydes is 1. The molecule has 6 rings (SSSR count). The highest BCUT2D eigenvalue weighted by Gasteiger charge is 2.35. The van der Waals surface area contributed by atoms with E-state index in [1.807, 2.05) is 50.5 Å². The molecule has 2 aromatic carbocycles. The van der Waals surface area contributed by atoms with Gasteiger partial charge >= 0.3 is 5.97 Å². The maximum absolute atomic E-state index is 12.3. The van der Waals surface area contributed by atoms with Gasteiger partial charge in [0.05, 0.1) is 12.0 Å². The SMILES string of the molecule is CC(C)Oc1ccc(C=O)cc1.CCCC1CCC(C2CC=C(c3cnc(-c4ccc(CCC(=O)N5CC(C(=O)O)C5)cc4)nc3)CCC2)CC1.CN. The highest BCUT2D eigenvalue weighted by molar-refractivity contribution is 5.81. The third-order valence-electron chi connectivity index (χ3n) is 10.8. The van der Waals surface area contributed by atoms with E-state index in [1.54, 1.807) is 29.2 Å². The first-order valence-corrected chi connectivity index (χ1v) is 19.6. The molecule has 1 amide bonds. The van der Waals surface area contributed by atoms with Crippen molar-refractivity contribution in [1.82, 2.24) is 14.9 Å². The number of hydrogen-bond acceptors (Lipinski definition) is 7. The summed E-state index contributed by atoms with van der Waals surface area (Å²) in [6.07, 6.45) is 21.9. The molecule has 9 nitrogen and oxygen atoms in total. The maximum atomic E-state index is 12.3. The number of carbonyl (C=O) groups is 3. The lowest BCUT2D eigenvalue weighted by atomic mass is 9.73. The summed E-state index contributed by atoms with van der Waals surface area (Å²) in [6, 6.07) is 15.2. The molecule has 2 heterocycles. The number of hydrogen-bond donors (Lipinski definition) is 2. The van der Waals surface area contributed by atoms with Crippen molar-refractivity contribution < 1.29 is 24.2 Å². The Morgan fingerprint density at radius 2 is 1.58 bits per heavy atom. The van der Waals surface area contributed by atoms with Crippen LogP contribution in [0.5, 0.6) is 5.75 Å². The molecule has 9 heteroatoms. The van der Waals surface area contributed by atoms with Crippen LogP contribution in [0.4, 0.5) is 0 Å². The number of aromatic nitrogens is 2. The van der Waals surface area contributed by atoms with Gasteiger partial charge < -0.3 is 20.5 Å². The van der Waals surface area contributed by atoms with E-state index < -0.39 is 11.9 Å². The van der Waals surface area contributed by atoms with Crippen LogP contribution < -0.4 is 10.5 Å². The molecular weight excluding hydrogens is 665 g/mol. The zero-order valence-corrected chi connectivity index (χ0v) is 32.2. The van der Waals surface area contributed by atoms with Gasteiger partial charge in [-0.25, -0.2) is 9.97 Å². The standard InChI is InChI=1S/C33H43N3O3.C10H12O2.CH5N/c1-2-4-23-7-12-27(13-8-23)25-5-3-6-26(17-16-25)29-19-34-32(35-20-29)28-14-9-24(10-15-28)11-18-31(37)36-21-30(22-36)33(38)39;1-8(2)12-10-5-3-9(7-11)4-6-10;1-2/h9-10,14-15,17,19-20,23,25,27,30H,2-8,11-13,16,18,21-22H2,1H3,(H,38,39);3-8H,1-2H3;2H2,1H3. The molecule has 1 atom stereocenters. The molecule has 286 valence electrons.